The molecular weight excluding hydrogens is 82.9 g/mol. The first-order valence-electron chi connectivity index (χ1n) is 2.64. The van der Waals surface area contributed by atoms with Crippen LogP contribution in [0, 0.1) is 0 Å². The summed E-state index contributed by atoms with van der Waals surface area (Å²) in [6, 6.07) is 0. The fourth-order valence-electron chi connectivity index (χ4n) is 0.734. The average Bonchev–Trinajstić information content (AvgIpc) is 1.91. The third-order valence-corrected chi connectivity index (χ3v) is 1.47. The highest BCUT2D eigenvalue weighted by atomic mass is 14.0. The minimum Gasteiger partial charge on any atom is -0.0900 e. The van der Waals surface area contributed by atoms with Gasteiger partial charge in [-0.1, -0.05) is 23.2 Å². The lowest BCUT2D eigenvalue weighted by molar-refractivity contribution is 1.42. The molecule has 0 radical (unpaired) electrons. The van der Waals surface area contributed by atoms with Crippen LogP contribution in [-0.4, -0.2) is 7.85 Å². The zero-order chi connectivity index (χ0) is 5.28. The van der Waals surface area contributed by atoms with Crippen LogP contribution in [0.25, 0.3) is 0 Å². The zero-order valence-corrected chi connectivity index (χ0v) is 4.86. The van der Waals surface area contributed by atoms with Gasteiger partial charge in [-0.25, -0.2) is 0 Å². The minimum atomic E-state index is 1.15. The summed E-state index contributed by atoms with van der Waals surface area (Å²) in [6.45, 7) is 2.15. The van der Waals surface area contributed by atoms with E-state index in [1.54, 1.807) is 0 Å². The average molecular weight is 91.9 g/mol. The van der Waals surface area contributed by atoms with E-state index in [0.29, 0.717) is 0 Å². The maximum Gasteiger partial charge on any atom is 0.139 e. The van der Waals surface area contributed by atoms with Crippen LogP contribution in [0.5, 0.6) is 0 Å². The second kappa shape index (κ2) is 1.57. The summed E-state index contributed by atoms with van der Waals surface area (Å²) >= 11 is 0. The van der Waals surface area contributed by atoms with Gasteiger partial charge in [-0.15, -0.1) is 0 Å². The molecule has 0 nitrogen and oxygen atoms in total. The van der Waals surface area contributed by atoms with Crippen molar-refractivity contribution in [1.29, 1.82) is 0 Å². The smallest absolute Gasteiger partial charge is 0.0900 e. The van der Waals surface area contributed by atoms with E-state index in [9.17, 15) is 0 Å². The summed E-state index contributed by atoms with van der Waals surface area (Å²) in [4.78, 5) is 0. The maximum atomic E-state index is 2.25. The van der Waals surface area contributed by atoms with E-state index in [1.165, 1.54) is 11.0 Å². The molecule has 0 amide bonds. The predicted molar refractivity (Wildman–Crippen MR) is 35.0 cm³/mol. The molecule has 0 saturated carbocycles. The Bertz CT molecular complexity index is 115. The van der Waals surface area contributed by atoms with Crippen LogP contribution in [-0.2, 0) is 0 Å². The minimum absolute atomic E-state index is 1.15. The van der Waals surface area contributed by atoms with Crippen LogP contribution in [0.15, 0.2) is 23.2 Å². The fraction of sp³-hybridized carbons (Fsp3) is 0.333. The van der Waals surface area contributed by atoms with E-state index in [0.717, 1.165) is 6.42 Å². The maximum absolute atomic E-state index is 2.25. The van der Waals surface area contributed by atoms with Gasteiger partial charge in [-0.05, 0) is 13.3 Å². The first-order chi connectivity index (χ1) is 3.30. The van der Waals surface area contributed by atoms with Crippen molar-refractivity contribution in [3.05, 3.63) is 23.2 Å². The molecular formula is C6H9B. The lowest BCUT2D eigenvalue weighted by atomic mass is 9.92. The Morgan fingerprint density at radius 2 is 2.29 bits per heavy atom. The van der Waals surface area contributed by atoms with Gasteiger partial charge in [0, 0.05) is 0 Å². The first kappa shape index (κ1) is 4.70. The third-order valence-electron chi connectivity index (χ3n) is 1.47. The topological polar surface area (TPSA) is 0 Å². The highest BCUT2D eigenvalue weighted by Gasteiger charge is 1.95. The monoisotopic (exact) mass is 92.1 g/mol. The Morgan fingerprint density at radius 1 is 1.57 bits per heavy atom. The second-order valence-corrected chi connectivity index (χ2v) is 2.01. The molecule has 0 aromatic rings. The van der Waals surface area contributed by atoms with Crippen LogP contribution in [0.3, 0.4) is 0 Å². The van der Waals surface area contributed by atoms with Crippen molar-refractivity contribution in [2.24, 2.45) is 0 Å². The van der Waals surface area contributed by atoms with Crippen LogP contribution in [0.2, 0.25) is 0 Å². The van der Waals surface area contributed by atoms with Gasteiger partial charge in [0.2, 0.25) is 0 Å². The lowest BCUT2D eigenvalue weighted by Gasteiger charge is -1.87. The largest absolute Gasteiger partial charge is 0.139 e. The van der Waals surface area contributed by atoms with Crippen molar-refractivity contribution in [3.63, 3.8) is 0 Å². The van der Waals surface area contributed by atoms with E-state index >= 15 is 0 Å². The summed E-state index contributed by atoms with van der Waals surface area (Å²) in [5.74, 6) is 0. The van der Waals surface area contributed by atoms with Crippen LogP contribution in [0.1, 0.15) is 13.3 Å². The van der Waals surface area contributed by atoms with E-state index in [4.69, 9.17) is 0 Å². The number of hydrogen-bond acceptors (Lipinski definition) is 0. The van der Waals surface area contributed by atoms with Crippen molar-refractivity contribution in [1.82, 2.24) is 0 Å². The molecule has 1 aliphatic carbocycles. The highest BCUT2D eigenvalue weighted by molar-refractivity contribution is 6.24. The molecule has 1 aliphatic rings. The normalized spacial score (nSPS) is 19.0. The number of allylic oxidation sites excluding steroid dienone is 4. The van der Waals surface area contributed by atoms with Crippen molar-refractivity contribution in [3.8, 4) is 0 Å². The van der Waals surface area contributed by atoms with Crippen molar-refractivity contribution >= 4 is 7.85 Å². The van der Waals surface area contributed by atoms with Crippen LogP contribution >= 0.6 is 0 Å². The SMILES string of the molecule is BC1=CCC=C1C. The van der Waals surface area contributed by atoms with Gasteiger partial charge in [-0.3, -0.25) is 0 Å². The molecule has 1 rings (SSSR count). The van der Waals surface area contributed by atoms with Crippen LogP contribution < -0.4 is 0 Å². The predicted octanol–water partition coefficient (Wildman–Crippen LogP) is 0.853. The lowest BCUT2D eigenvalue weighted by Crippen LogP contribution is -1.74. The van der Waals surface area contributed by atoms with Gasteiger partial charge < -0.3 is 0 Å². The van der Waals surface area contributed by atoms with Gasteiger partial charge in [0.05, 0.1) is 0 Å². The van der Waals surface area contributed by atoms with Crippen molar-refractivity contribution in [2.45, 2.75) is 13.3 Å². The summed E-state index contributed by atoms with van der Waals surface area (Å²) in [6.07, 6.45) is 5.64. The van der Waals surface area contributed by atoms with E-state index < -0.39 is 0 Å². The molecule has 0 atom stereocenters. The van der Waals surface area contributed by atoms with Gasteiger partial charge in [-0.2, -0.15) is 0 Å². The molecule has 0 heterocycles. The molecule has 0 bridgehead atoms. The van der Waals surface area contributed by atoms with Crippen molar-refractivity contribution < 1.29 is 0 Å². The Hall–Kier alpha value is -0.455. The summed E-state index contributed by atoms with van der Waals surface area (Å²) in [7, 11) is 2.15. The molecule has 0 saturated heterocycles. The Morgan fingerprint density at radius 3 is 2.43 bits per heavy atom. The fourth-order valence-corrected chi connectivity index (χ4v) is 0.734. The number of rotatable bonds is 0. The molecule has 0 fully saturated rings. The standard InChI is InChI=1S/C6H9B/c1-5-3-2-4-6(5)7/h3-4H,2,7H2,1H3. The van der Waals surface area contributed by atoms with E-state index in [2.05, 4.69) is 26.9 Å². The Labute approximate surface area is 45.3 Å². The Balaban J connectivity index is 2.78. The Kier molecular flexibility index (Phi) is 1.05. The van der Waals surface area contributed by atoms with Gasteiger partial charge >= 0.3 is 0 Å². The van der Waals surface area contributed by atoms with Gasteiger partial charge in [0.1, 0.15) is 7.85 Å². The highest BCUT2D eigenvalue weighted by Crippen LogP contribution is 2.13. The summed E-state index contributed by atoms with van der Waals surface area (Å²) in [5.41, 5.74) is 2.89. The van der Waals surface area contributed by atoms with Gasteiger partial charge in [0.25, 0.3) is 0 Å². The zero-order valence-electron chi connectivity index (χ0n) is 4.86. The third kappa shape index (κ3) is 0.765. The molecule has 0 unspecified atom stereocenters. The molecule has 0 aromatic carbocycles. The summed E-state index contributed by atoms with van der Waals surface area (Å²) < 4.78 is 0. The van der Waals surface area contributed by atoms with E-state index in [1.807, 2.05) is 0 Å². The van der Waals surface area contributed by atoms with Crippen LogP contribution in [0.4, 0.5) is 0 Å². The molecule has 36 valence electrons. The van der Waals surface area contributed by atoms with Crippen molar-refractivity contribution in [2.75, 3.05) is 0 Å². The first-order valence-corrected chi connectivity index (χ1v) is 2.64. The molecule has 0 aromatic heterocycles. The molecule has 7 heavy (non-hydrogen) atoms. The second-order valence-electron chi connectivity index (χ2n) is 2.01. The molecule has 0 aliphatic heterocycles. The quantitative estimate of drug-likeness (QED) is 0.388. The number of hydrogen-bond donors (Lipinski definition) is 0. The molecule has 0 spiro atoms. The van der Waals surface area contributed by atoms with Gasteiger partial charge in [0.15, 0.2) is 0 Å². The van der Waals surface area contributed by atoms with E-state index in [-0.39, 0.29) is 0 Å². The molecule has 0 N–H and O–H groups in total. The summed E-state index contributed by atoms with van der Waals surface area (Å²) in [5, 5.41) is 0. The molecule has 1 heteroatoms.